The van der Waals surface area contributed by atoms with E-state index in [0.29, 0.717) is 11.6 Å². The summed E-state index contributed by atoms with van der Waals surface area (Å²) >= 11 is 0. The van der Waals surface area contributed by atoms with Crippen molar-refractivity contribution in [2.45, 2.75) is 0 Å². The molecule has 0 aliphatic heterocycles. The predicted octanol–water partition coefficient (Wildman–Crippen LogP) is 3.75. The summed E-state index contributed by atoms with van der Waals surface area (Å²) < 4.78 is 5.50. The van der Waals surface area contributed by atoms with Crippen LogP contribution in [0.4, 0.5) is 5.69 Å². The first-order valence-corrected chi connectivity index (χ1v) is 5.83. The normalized spacial score (nSPS) is 10.5. The van der Waals surface area contributed by atoms with E-state index in [9.17, 15) is 5.11 Å². The van der Waals surface area contributed by atoms with Gasteiger partial charge in [-0.15, -0.1) is 0 Å². The van der Waals surface area contributed by atoms with Crippen molar-refractivity contribution in [2.24, 2.45) is 0 Å². The van der Waals surface area contributed by atoms with Gasteiger partial charge in [-0.1, -0.05) is 24.3 Å². The molecule has 0 aliphatic carbocycles. The van der Waals surface area contributed by atoms with E-state index in [1.165, 1.54) is 6.07 Å². The molecule has 4 heteroatoms. The molecule has 0 fully saturated rings. The average Bonchev–Trinajstić information content (AvgIpc) is 2.43. The second-order valence-corrected chi connectivity index (χ2v) is 4.12. The summed E-state index contributed by atoms with van der Waals surface area (Å²) in [5.41, 5.74) is 6.84. The van der Waals surface area contributed by atoms with Crippen molar-refractivity contribution < 1.29 is 9.84 Å². The van der Waals surface area contributed by atoms with Crippen LogP contribution in [0.3, 0.4) is 0 Å². The molecule has 1 aromatic heterocycles. The third-order valence-corrected chi connectivity index (χ3v) is 2.79. The number of para-hydroxylation sites is 2. The number of rotatable bonds is 2. The Morgan fingerprint density at radius 2 is 1.79 bits per heavy atom. The van der Waals surface area contributed by atoms with E-state index in [1.807, 2.05) is 30.3 Å². The predicted molar refractivity (Wildman–Crippen MR) is 72.8 cm³/mol. The molecule has 0 atom stereocenters. The molecular weight excluding hydrogens is 240 g/mol. The summed E-state index contributed by atoms with van der Waals surface area (Å²) in [5.74, 6) is 0.217. The highest BCUT2D eigenvalue weighted by molar-refractivity contribution is 5.79. The molecule has 0 saturated heterocycles. The second-order valence-electron chi connectivity index (χ2n) is 4.12. The molecule has 0 aliphatic rings. The van der Waals surface area contributed by atoms with Crippen LogP contribution in [0.1, 0.15) is 0 Å². The standard InChI is InChI=1S/C15H11N2O2/c16-11-5-3-7-13(18)15(11)19-14-9-8-10-4-1-2-6-12(10)17-14/h1-9H,16H2. The number of nitrogens with two attached hydrogens (primary N) is 1. The summed E-state index contributed by atoms with van der Waals surface area (Å²) in [5, 5.41) is 12.7. The minimum Gasteiger partial charge on any atom is -0.433 e. The van der Waals surface area contributed by atoms with Gasteiger partial charge in [-0.05, 0) is 24.3 Å². The average molecular weight is 251 g/mol. The summed E-state index contributed by atoms with van der Waals surface area (Å²) in [6.07, 6.45) is 0. The van der Waals surface area contributed by atoms with Crippen LogP contribution in [0.15, 0.2) is 54.6 Å². The van der Waals surface area contributed by atoms with E-state index in [1.54, 1.807) is 18.2 Å². The fraction of sp³-hybridized carbons (Fsp3) is 0. The lowest BCUT2D eigenvalue weighted by Crippen LogP contribution is -1.93. The van der Waals surface area contributed by atoms with E-state index < -0.39 is 0 Å². The third-order valence-electron chi connectivity index (χ3n) is 2.79. The fourth-order valence-electron chi connectivity index (χ4n) is 1.85. The van der Waals surface area contributed by atoms with E-state index >= 15 is 0 Å². The SMILES string of the molecule is Nc1cccc([O])c1Oc1ccc2ccccc2n1. The Kier molecular flexibility index (Phi) is 2.68. The Bertz CT molecular complexity index is 721. The van der Waals surface area contributed by atoms with Crippen LogP contribution in [0.2, 0.25) is 0 Å². The van der Waals surface area contributed by atoms with Crippen molar-refractivity contribution in [2.75, 3.05) is 5.73 Å². The van der Waals surface area contributed by atoms with Crippen molar-refractivity contribution in [1.29, 1.82) is 0 Å². The molecular formula is C15H11N2O2. The molecule has 1 radical (unpaired) electrons. The van der Waals surface area contributed by atoms with Crippen molar-refractivity contribution in [3.05, 3.63) is 54.6 Å². The van der Waals surface area contributed by atoms with Gasteiger partial charge in [0.15, 0.2) is 5.75 Å². The van der Waals surface area contributed by atoms with E-state index in [0.717, 1.165) is 10.9 Å². The molecule has 2 aromatic carbocycles. The minimum absolute atomic E-state index is 0.116. The van der Waals surface area contributed by atoms with Gasteiger partial charge in [-0.25, -0.2) is 4.98 Å². The number of hydrogen-bond acceptors (Lipinski definition) is 3. The molecule has 4 nitrogen and oxygen atoms in total. The number of nitrogen functional groups attached to an aromatic ring is 1. The summed E-state index contributed by atoms with van der Waals surface area (Å²) in [6.45, 7) is 0. The molecule has 0 unspecified atom stereocenters. The monoisotopic (exact) mass is 251 g/mol. The Balaban J connectivity index is 2.01. The van der Waals surface area contributed by atoms with Crippen molar-refractivity contribution in [3.8, 4) is 17.4 Å². The Hall–Kier alpha value is -2.75. The maximum atomic E-state index is 11.7. The number of aromatic nitrogens is 1. The lowest BCUT2D eigenvalue weighted by molar-refractivity contribution is 0.327. The molecule has 0 bridgehead atoms. The van der Waals surface area contributed by atoms with Gasteiger partial charge in [-0.3, -0.25) is 5.11 Å². The number of nitrogens with zero attached hydrogens (tertiary/aromatic N) is 1. The molecule has 19 heavy (non-hydrogen) atoms. The van der Waals surface area contributed by atoms with Crippen LogP contribution in [-0.2, 0) is 5.11 Å². The van der Waals surface area contributed by atoms with Gasteiger partial charge in [0, 0.05) is 11.5 Å². The van der Waals surface area contributed by atoms with Crippen LogP contribution in [0.25, 0.3) is 10.9 Å². The van der Waals surface area contributed by atoms with Crippen molar-refractivity contribution >= 4 is 16.6 Å². The van der Waals surface area contributed by atoms with Gasteiger partial charge < -0.3 is 10.5 Å². The number of hydrogen-bond donors (Lipinski definition) is 1. The van der Waals surface area contributed by atoms with Crippen molar-refractivity contribution in [1.82, 2.24) is 4.98 Å². The molecule has 3 rings (SSSR count). The second kappa shape index (κ2) is 4.49. The number of ether oxygens (including phenoxy) is 1. The molecule has 3 aromatic rings. The first-order valence-electron chi connectivity index (χ1n) is 5.83. The van der Waals surface area contributed by atoms with Gasteiger partial charge >= 0.3 is 0 Å². The number of pyridine rings is 1. The quantitative estimate of drug-likeness (QED) is 0.705. The molecule has 2 N–H and O–H groups in total. The Morgan fingerprint density at radius 1 is 0.947 bits per heavy atom. The Morgan fingerprint density at radius 3 is 2.63 bits per heavy atom. The first-order chi connectivity index (χ1) is 9.24. The summed E-state index contributed by atoms with van der Waals surface area (Å²) in [7, 11) is 0. The molecule has 0 spiro atoms. The Labute approximate surface area is 110 Å². The van der Waals surface area contributed by atoms with Gasteiger partial charge in [0.05, 0.1) is 11.2 Å². The maximum Gasteiger partial charge on any atom is 0.223 e. The maximum absolute atomic E-state index is 11.7. The lowest BCUT2D eigenvalue weighted by atomic mass is 10.2. The zero-order chi connectivity index (χ0) is 13.2. The van der Waals surface area contributed by atoms with Gasteiger partial charge in [-0.2, -0.15) is 0 Å². The largest absolute Gasteiger partial charge is 0.433 e. The minimum atomic E-state index is -0.255. The lowest BCUT2D eigenvalue weighted by Gasteiger charge is -2.08. The third kappa shape index (κ3) is 2.15. The van der Waals surface area contributed by atoms with Crippen molar-refractivity contribution in [3.63, 3.8) is 0 Å². The number of fused-ring (bicyclic) bond motifs is 1. The highest BCUT2D eigenvalue weighted by Crippen LogP contribution is 2.36. The summed E-state index contributed by atoms with van der Waals surface area (Å²) in [6, 6.07) is 15.9. The molecule has 0 amide bonds. The number of benzene rings is 2. The smallest absolute Gasteiger partial charge is 0.223 e. The van der Waals surface area contributed by atoms with Crippen LogP contribution in [-0.4, -0.2) is 4.98 Å². The zero-order valence-corrected chi connectivity index (χ0v) is 10.0. The zero-order valence-electron chi connectivity index (χ0n) is 10.0. The van der Waals surface area contributed by atoms with Crippen LogP contribution < -0.4 is 10.5 Å². The highest BCUT2D eigenvalue weighted by atomic mass is 16.5. The van der Waals surface area contributed by atoms with Gasteiger partial charge in [0.2, 0.25) is 11.6 Å². The topological polar surface area (TPSA) is 68.0 Å². The van der Waals surface area contributed by atoms with Crippen LogP contribution in [0, 0.1) is 0 Å². The van der Waals surface area contributed by atoms with E-state index in [2.05, 4.69) is 4.98 Å². The first kappa shape index (κ1) is 11.3. The molecule has 0 saturated carbocycles. The van der Waals surface area contributed by atoms with E-state index in [-0.39, 0.29) is 11.5 Å². The molecule has 93 valence electrons. The van der Waals surface area contributed by atoms with Crippen LogP contribution >= 0.6 is 0 Å². The van der Waals surface area contributed by atoms with Crippen LogP contribution in [0.5, 0.6) is 17.4 Å². The fourth-order valence-corrected chi connectivity index (χ4v) is 1.85. The summed E-state index contributed by atoms with van der Waals surface area (Å²) in [4.78, 5) is 4.34. The van der Waals surface area contributed by atoms with Gasteiger partial charge in [0.25, 0.3) is 0 Å². The van der Waals surface area contributed by atoms with Gasteiger partial charge in [0.1, 0.15) is 0 Å². The van der Waals surface area contributed by atoms with E-state index in [4.69, 9.17) is 10.5 Å². The highest BCUT2D eigenvalue weighted by Gasteiger charge is 2.10. The number of anilines is 1. The molecule has 1 heterocycles.